The summed E-state index contributed by atoms with van der Waals surface area (Å²) in [5.74, 6) is 0.0872. The van der Waals surface area contributed by atoms with Crippen LogP contribution in [0.25, 0.3) is 0 Å². The first-order valence-corrected chi connectivity index (χ1v) is 7.84. The van der Waals surface area contributed by atoms with Gasteiger partial charge in [-0.2, -0.15) is 0 Å². The minimum absolute atomic E-state index is 0.00692. The molecule has 3 N–H and O–H groups in total. The summed E-state index contributed by atoms with van der Waals surface area (Å²) in [5.41, 5.74) is 7.20. The fraction of sp³-hybridized carbons (Fsp3) is 0.588. The number of amides is 1. The molecule has 0 aliphatic rings. The number of carbonyl (C=O) groups excluding carboxylic acids is 1. The molecule has 1 unspecified atom stereocenters. The van der Waals surface area contributed by atoms with Crippen LogP contribution >= 0.6 is 0 Å². The third-order valence-corrected chi connectivity index (χ3v) is 3.94. The van der Waals surface area contributed by atoms with E-state index in [-0.39, 0.29) is 24.6 Å². The molecule has 118 valence electrons. The molecular formula is C17H28N2O2. The molecule has 0 aliphatic carbocycles. The standard InChI is InChI=1S/C17H28N2O2/c1-3-15(4-2)19(12-13-20)17(21)11-10-16(18)14-8-6-5-7-9-14/h5-9,15-16,20H,3-4,10-13,18H2,1-2H3. The molecule has 0 saturated carbocycles. The number of aliphatic hydroxyl groups is 1. The molecule has 1 aromatic carbocycles. The summed E-state index contributed by atoms with van der Waals surface area (Å²) in [7, 11) is 0. The molecule has 21 heavy (non-hydrogen) atoms. The normalized spacial score (nSPS) is 12.4. The van der Waals surface area contributed by atoms with E-state index in [1.165, 1.54) is 0 Å². The van der Waals surface area contributed by atoms with Crippen LogP contribution in [0, 0.1) is 0 Å². The van der Waals surface area contributed by atoms with Crippen molar-refractivity contribution in [3.63, 3.8) is 0 Å². The second kappa shape index (κ2) is 9.53. The molecule has 4 heteroatoms. The third kappa shape index (κ3) is 5.48. The van der Waals surface area contributed by atoms with Gasteiger partial charge in [0.25, 0.3) is 0 Å². The van der Waals surface area contributed by atoms with E-state index in [1.54, 1.807) is 4.90 Å². The van der Waals surface area contributed by atoms with Gasteiger partial charge in [0.05, 0.1) is 6.61 Å². The first-order valence-electron chi connectivity index (χ1n) is 7.84. The number of nitrogens with two attached hydrogens (primary N) is 1. The number of rotatable bonds is 9. The van der Waals surface area contributed by atoms with Gasteiger partial charge in [0.15, 0.2) is 0 Å². The summed E-state index contributed by atoms with van der Waals surface area (Å²) in [6.07, 6.45) is 2.87. The van der Waals surface area contributed by atoms with Gasteiger partial charge in [0.1, 0.15) is 0 Å². The monoisotopic (exact) mass is 292 g/mol. The van der Waals surface area contributed by atoms with Crippen LogP contribution in [0.2, 0.25) is 0 Å². The lowest BCUT2D eigenvalue weighted by atomic mass is 10.0. The Morgan fingerprint density at radius 2 is 1.86 bits per heavy atom. The average Bonchev–Trinajstić information content (AvgIpc) is 2.53. The van der Waals surface area contributed by atoms with Crippen molar-refractivity contribution >= 4 is 5.91 Å². The molecule has 0 bridgehead atoms. The number of benzene rings is 1. The zero-order chi connectivity index (χ0) is 15.7. The van der Waals surface area contributed by atoms with Crippen molar-refractivity contribution in [3.8, 4) is 0 Å². The topological polar surface area (TPSA) is 66.6 Å². The molecule has 0 saturated heterocycles. The van der Waals surface area contributed by atoms with E-state index in [9.17, 15) is 4.79 Å². The van der Waals surface area contributed by atoms with Gasteiger partial charge in [0.2, 0.25) is 5.91 Å². The Kier molecular flexibility index (Phi) is 8.01. The molecular weight excluding hydrogens is 264 g/mol. The Balaban J connectivity index is 2.57. The maximum absolute atomic E-state index is 12.4. The zero-order valence-corrected chi connectivity index (χ0v) is 13.2. The quantitative estimate of drug-likeness (QED) is 0.735. The van der Waals surface area contributed by atoms with Gasteiger partial charge in [-0.05, 0) is 24.8 Å². The van der Waals surface area contributed by atoms with E-state index < -0.39 is 0 Å². The van der Waals surface area contributed by atoms with E-state index in [2.05, 4.69) is 13.8 Å². The average molecular weight is 292 g/mol. The highest BCUT2D eigenvalue weighted by Gasteiger charge is 2.21. The number of hydrogen-bond donors (Lipinski definition) is 2. The minimum atomic E-state index is -0.118. The van der Waals surface area contributed by atoms with E-state index in [4.69, 9.17) is 10.8 Å². The van der Waals surface area contributed by atoms with Crippen molar-refractivity contribution in [2.45, 2.75) is 51.6 Å². The lowest BCUT2D eigenvalue weighted by Crippen LogP contribution is -2.41. The summed E-state index contributed by atoms with van der Waals surface area (Å²) < 4.78 is 0. The van der Waals surface area contributed by atoms with Crippen LogP contribution in [0.4, 0.5) is 0 Å². The lowest BCUT2D eigenvalue weighted by Gasteiger charge is -2.30. The Morgan fingerprint density at radius 3 is 2.38 bits per heavy atom. The van der Waals surface area contributed by atoms with Crippen LogP contribution in [0.15, 0.2) is 30.3 Å². The molecule has 0 radical (unpaired) electrons. The molecule has 0 fully saturated rings. The van der Waals surface area contributed by atoms with E-state index in [1.807, 2.05) is 30.3 Å². The summed E-state index contributed by atoms with van der Waals surface area (Å²) in [4.78, 5) is 14.2. The SMILES string of the molecule is CCC(CC)N(CCO)C(=O)CCC(N)c1ccccc1. The molecule has 1 aromatic rings. The van der Waals surface area contributed by atoms with Gasteiger partial charge >= 0.3 is 0 Å². The third-order valence-electron chi connectivity index (χ3n) is 3.94. The maximum Gasteiger partial charge on any atom is 0.222 e. The number of nitrogens with zero attached hydrogens (tertiary/aromatic N) is 1. The Labute approximate surface area is 128 Å². The predicted molar refractivity (Wildman–Crippen MR) is 85.8 cm³/mol. The molecule has 1 atom stereocenters. The van der Waals surface area contributed by atoms with Gasteiger partial charge in [-0.15, -0.1) is 0 Å². The van der Waals surface area contributed by atoms with Crippen LogP contribution in [0.1, 0.15) is 51.1 Å². The van der Waals surface area contributed by atoms with Gasteiger partial charge in [0, 0.05) is 25.0 Å². The zero-order valence-electron chi connectivity index (χ0n) is 13.2. The fourth-order valence-electron chi connectivity index (χ4n) is 2.64. The molecule has 0 aromatic heterocycles. The second-order valence-corrected chi connectivity index (χ2v) is 5.34. The molecule has 1 amide bonds. The van der Waals surface area contributed by atoms with Crippen LogP contribution < -0.4 is 5.73 Å². The summed E-state index contributed by atoms with van der Waals surface area (Å²) in [5, 5.41) is 9.16. The number of carbonyl (C=O) groups is 1. The van der Waals surface area contributed by atoms with Gasteiger partial charge < -0.3 is 15.7 Å². The largest absolute Gasteiger partial charge is 0.395 e. The van der Waals surface area contributed by atoms with Crippen LogP contribution in [-0.2, 0) is 4.79 Å². The van der Waals surface area contributed by atoms with E-state index >= 15 is 0 Å². The summed E-state index contributed by atoms with van der Waals surface area (Å²) in [6, 6.07) is 9.93. The van der Waals surface area contributed by atoms with Crippen LogP contribution in [0.3, 0.4) is 0 Å². The highest BCUT2D eigenvalue weighted by molar-refractivity contribution is 5.76. The number of hydrogen-bond acceptors (Lipinski definition) is 3. The van der Waals surface area contributed by atoms with Crippen molar-refractivity contribution in [2.75, 3.05) is 13.2 Å². The Morgan fingerprint density at radius 1 is 1.24 bits per heavy atom. The van der Waals surface area contributed by atoms with Gasteiger partial charge in [-0.1, -0.05) is 44.2 Å². The maximum atomic E-state index is 12.4. The molecule has 0 spiro atoms. The molecule has 1 rings (SSSR count). The highest BCUT2D eigenvalue weighted by Crippen LogP contribution is 2.17. The van der Waals surface area contributed by atoms with Gasteiger partial charge in [-0.3, -0.25) is 4.79 Å². The molecule has 4 nitrogen and oxygen atoms in total. The predicted octanol–water partition coefficient (Wildman–Crippen LogP) is 2.48. The van der Waals surface area contributed by atoms with E-state index in [0.29, 0.717) is 19.4 Å². The van der Waals surface area contributed by atoms with Crippen molar-refractivity contribution in [1.82, 2.24) is 4.90 Å². The van der Waals surface area contributed by atoms with E-state index in [0.717, 1.165) is 18.4 Å². The van der Waals surface area contributed by atoms with Crippen molar-refractivity contribution in [2.24, 2.45) is 5.73 Å². The smallest absolute Gasteiger partial charge is 0.222 e. The molecule has 0 heterocycles. The Hall–Kier alpha value is -1.39. The van der Waals surface area contributed by atoms with Crippen molar-refractivity contribution < 1.29 is 9.90 Å². The number of aliphatic hydroxyl groups excluding tert-OH is 1. The van der Waals surface area contributed by atoms with Crippen LogP contribution in [0.5, 0.6) is 0 Å². The second-order valence-electron chi connectivity index (χ2n) is 5.34. The first-order chi connectivity index (χ1) is 10.1. The summed E-state index contributed by atoms with van der Waals surface area (Å²) in [6.45, 7) is 4.56. The molecule has 0 aliphatic heterocycles. The first kappa shape index (κ1) is 17.7. The summed E-state index contributed by atoms with van der Waals surface area (Å²) >= 11 is 0. The minimum Gasteiger partial charge on any atom is -0.395 e. The van der Waals surface area contributed by atoms with Crippen molar-refractivity contribution in [1.29, 1.82) is 0 Å². The lowest BCUT2D eigenvalue weighted by molar-refractivity contribution is -0.134. The highest BCUT2D eigenvalue weighted by atomic mass is 16.3. The van der Waals surface area contributed by atoms with Crippen LogP contribution in [-0.4, -0.2) is 35.1 Å². The van der Waals surface area contributed by atoms with Crippen molar-refractivity contribution in [3.05, 3.63) is 35.9 Å². The fourth-order valence-corrected chi connectivity index (χ4v) is 2.64. The van der Waals surface area contributed by atoms with Gasteiger partial charge in [-0.25, -0.2) is 0 Å². The Bertz CT molecular complexity index is 405.